The number of nitrogens with zero attached hydrogens (tertiary/aromatic N) is 3. The molecule has 0 fully saturated rings. The second-order valence-electron chi connectivity index (χ2n) is 5.34. The fourth-order valence-electron chi connectivity index (χ4n) is 2.37. The molecule has 108 valence electrons. The van der Waals surface area contributed by atoms with Gasteiger partial charge in [-0.3, -0.25) is 9.13 Å². The minimum absolute atomic E-state index is 0.0331. The number of benzene rings is 1. The molecule has 0 amide bonds. The minimum atomic E-state index is -0.0331. The molecule has 4 nitrogen and oxygen atoms in total. The Kier molecular flexibility index (Phi) is 3.55. The van der Waals surface area contributed by atoms with E-state index in [4.69, 9.17) is 11.6 Å². The van der Waals surface area contributed by atoms with Gasteiger partial charge in [-0.05, 0) is 26.0 Å². The number of rotatable bonds is 3. The lowest BCUT2D eigenvalue weighted by Gasteiger charge is -2.07. The van der Waals surface area contributed by atoms with Crippen LogP contribution in [0, 0.1) is 0 Å². The number of halogens is 1. The monoisotopic (exact) mass is 301 g/mol. The van der Waals surface area contributed by atoms with Gasteiger partial charge in [-0.2, -0.15) is 0 Å². The Bertz CT molecular complexity index is 848. The summed E-state index contributed by atoms with van der Waals surface area (Å²) >= 11 is 6.24. The van der Waals surface area contributed by atoms with Crippen LogP contribution in [0.15, 0.2) is 47.5 Å². The molecule has 0 aliphatic rings. The second-order valence-corrected chi connectivity index (χ2v) is 5.70. The van der Waals surface area contributed by atoms with Crippen molar-refractivity contribution in [2.24, 2.45) is 0 Å². The normalized spacial score (nSPS) is 11.4. The molecule has 0 spiro atoms. The molecule has 1 aromatic carbocycles. The predicted octanol–water partition coefficient (Wildman–Crippen LogP) is 3.48. The van der Waals surface area contributed by atoms with Gasteiger partial charge in [0.1, 0.15) is 5.15 Å². The van der Waals surface area contributed by atoms with E-state index in [9.17, 15) is 4.79 Å². The van der Waals surface area contributed by atoms with Crippen molar-refractivity contribution in [2.45, 2.75) is 26.4 Å². The van der Waals surface area contributed by atoms with Crippen LogP contribution in [-0.2, 0) is 6.54 Å². The van der Waals surface area contributed by atoms with Crippen molar-refractivity contribution in [1.82, 2.24) is 14.1 Å². The van der Waals surface area contributed by atoms with Crippen molar-refractivity contribution >= 4 is 22.5 Å². The number of hydrogen-bond acceptors (Lipinski definition) is 2. The molecule has 0 bridgehead atoms. The van der Waals surface area contributed by atoms with Gasteiger partial charge in [-0.1, -0.05) is 29.8 Å². The van der Waals surface area contributed by atoms with Crippen LogP contribution in [0.2, 0.25) is 5.15 Å². The van der Waals surface area contributed by atoms with E-state index >= 15 is 0 Å². The third-order valence-electron chi connectivity index (χ3n) is 3.52. The number of fused-ring (bicyclic) bond motifs is 1. The fraction of sp³-hybridized carbons (Fsp3) is 0.250. The molecule has 2 aromatic heterocycles. The molecule has 0 N–H and O–H groups in total. The molecule has 3 rings (SSSR count). The first-order valence-electron chi connectivity index (χ1n) is 6.87. The first-order chi connectivity index (χ1) is 10.1. The van der Waals surface area contributed by atoms with Crippen LogP contribution in [0.1, 0.15) is 25.5 Å². The Balaban J connectivity index is 2.02. The molecule has 0 saturated carbocycles. The van der Waals surface area contributed by atoms with Gasteiger partial charge >= 0.3 is 5.69 Å². The SMILES string of the molecule is CC(C)n1ccn(Cc2cc3ccccc3nc2Cl)c1=O. The third kappa shape index (κ3) is 2.59. The summed E-state index contributed by atoms with van der Waals surface area (Å²) in [5, 5.41) is 1.46. The lowest BCUT2D eigenvalue weighted by Crippen LogP contribution is -2.25. The largest absolute Gasteiger partial charge is 0.328 e. The number of aromatic nitrogens is 3. The highest BCUT2D eigenvalue weighted by Crippen LogP contribution is 2.21. The van der Waals surface area contributed by atoms with E-state index in [1.54, 1.807) is 21.5 Å². The summed E-state index contributed by atoms with van der Waals surface area (Å²) in [6.07, 6.45) is 3.59. The average Bonchev–Trinajstić information content (AvgIpc) is 2.81. The highest BCUT2D eigenvalue weighted by Gasteiger charge is 2.10. The number of hydrogen-bond donors (Lipinski definition) is 0. The summed E-state index contributed by atoms with van der Waals surface area (Å²) in [6, 6.07) is 9.94. The second kappa shape index (κ2) is 5.37. The molecule has 21 heavy (non-hydrogen) atoms. The third-order valence-corrected chi connectivity index (χ3v) is 3.85. The van der Waals surface area contributed by atoms with E-state index in [-0.39, 0.29) is 11.7 Å². The van der Waals surface area contributed by atoms with Crippen LogP contribution < -0.4 is 5.69 Å². The lowest BCUT2D eigenvalue weighted by atomic mass is 10.1. The van der Waals surface area contributed by atoms with Gasteiger partial charge in [0.05, 0.1) is 12.1 Å². The summed E-state index contributed by atoms with van der Waals surface area (Å²) in [6.45, 7) is 4.39. The molecular formula is C16H16ClN3O. The van der Waals surface area contributed by atoms with E-state index in [0.717, 1.165) is 16.5 Å². The quantitative estimate of drug-likeness (QED) is 0.695. The van der Waals surface area contributed by atoms with Gasteiger partial charge in [0.25, 0.3) is 0 Å². The van der Waals surface area contributed by atoms with Gasteiger partial charge in [0.2, 0.25) is 0 Å². The molecule has 2 heterocycles. The maximum absolute atomic E-state index is 12.3. The molecule has 0 aliphatic carbocycles. The van der Waals surface area contributed by atoms with E-state index in [1.807, 2.05) is 44.2 Å². The highest BCUT2D eigenvalue weighted by atomic mass is 35.5. The maximum atomic E-state index is 12.3. The first kappa shape index (κ1) is 13.9. The molecule has 5 heteroatoms. The summed E-state index contributed by atoms with van der Waals surface area (Å²) in [5.74, 6) is 0. The highest BCUT2D eigenvalue weighted by molar-refractivity contribution is 6.30. The van der Waals surface area contributed by atoms with Crippen molar-refractivity contribution in [3.63, 3.8) is 0 Å². The summed E-state index contributed by atoms with van der Waals surface area (Å²) < 4.78 is 3.35. The van der Waals surface area contributed by atoms with Crippen LogP contribution in [0.3, 0.4) is 0 Å². The van der Waals surface area contributed by atoms with Gasteiger partial charge in [0.15, 0.2) is 0 Å². The van der Waals surface area contributed by atoms with Crippen molar-refractivity contribution in [1.29, 1.82) is 0 Å². The zero-order valence-electron chi connectivity index (χ0n) is 12.0. The topological polar surface area (TPSA) is 39.8 Å². The standard InChI is InChI=1S/C16H16ClN3O/c1-11(2)20-8-7-19(16(20)21)10-13-9-12-5-3-4-6-14(12)18-15(13)17/h3-9,11H,10H2,1-2H3. The van der Waals surface area contributed by atoms with Gasteiger partial charge in [0, 0.05) is 29.4 Å². The maximum Gasteiger partial charge on any atom is 0.328 e. The Hall–Kier alpha value is -2.07. The fourth-order valence-corrected chi connectivity index (χ4v) is 2.58. The van der Waals surface area contributed by atoms with Gasteiger partial charge in [-0.25, -0.2) is 9.78 Å². The zero-order valence-corrected chi connectivity index (χ0v) is 12.7. The Morgan fingerprint density at radius 2 is 2.00 bits per heavy atom. The van der Waals surface area contributed by atoms with Crippen molar-refractivity contribution in [2.75, 3.05) is 0 Å². The number of para-hydroxylation sites is 1. The van der Waals surface area contributed by atoms with Crippen LogP contribution in [0.25, 0.3) is 10.9 Å². The van der Waals surface area contributed by atoms with E-state index in [2.05, 4.69) is 4.98 Å². The number of imidazole rings is 1. The minimum Gasteiger partial charge on any atom is -0.297 e. The van der Waals surface area contributed by atoms with Crippen molar-refractivity contribution < 1.29 is 0 Å². The van der Waals surface area contributed by atoms with Crippen LogP contribution in [0.5, 0.6) is 0 Å². The predicted molar refractivity (Wildman–Crippen MR) is 84.9 cm³/mol. The summed E-state index contributed by atoms with van der Waals surface area (Å²) in [7, 11) is 0. The van der Waals surface area contributed by atoms with Gasteiger partial charge in [-0.15, -0.1) is 0 Å². The molecule has 0 unspecified atom stereocenters. The Morgan fingerprint density at radius 3 is 2.71 bits per heavy atom. The van der Waals surface area contributed by atoms with Crippen molar-refractivity contribution in [3.05, 3.63) is 63.9 Å². The molecule has 0 saturated heterocycles. The Morgan fingerprint density at radius 1 is 1.24 bits per heavy atom. The van der Waals surface area contributed by atoms with E-state index in [1.165, 1.54) is 0 Å². The van der Waals surface area contributed by atoms with Crippen molar-refractivity contribution in [3.8, 4) is 0 Å². The molecule has 0 radical (unpaired) electrons. The molecule has 0 atom stereocenters. The first-order valence-corrected chi connectivity index (χ1v) is 7.25. The molecule has 3 aromatic rings. The summed E-state index contributed by atoms with van der Waals surface area (Å²) in [5.41, 5.74) is 1.67. The van der Waals surface area contributed by atoms with Crippen LogP contribution >= 0.6 is 11.6 Å². The number of pyridine rings is 1. The summed E-state index contributed by atoms with van der Waals surface area (Å²) in [4.78, 5) is 16.6. The lowest BCUT2D eigenvalue weighted by molar-refractivity contribution is 0.561. The average molecular weight is 302 g/mol. The van der Waals surface area contributed by atoms with Crippen LogP contribution in [-0.4, -0.2) is 14.1 Å². The zero-order chi connectivity index (χ0) is 15.0. The molecular weight excluding hydrogens is 286 g/mol. The molecule has 0 aliphatic heterocycles. The smallest absolute Gasteiger partial charge is 0.297 e. The Labute approximate surface area is 127 Å². The van der Waals surface area contributed by atoms with Crippen LogP contribution in [0.4, 0.5) is 0 Å². The van der Waals surface area contributed by atoms with E-state index in [0.29, 0.717) is 11.7 Å². The van der Waals surface area contributed by atoms with E-state index < -0.39 is 0 Å². The van der Waals surface area contributed by atoms with Gasteiger partial charge < -0.3 is 0 Å².